The number of aryl methyl sites for hydroxylation is 2. The van der Waals surface area contributed by atoms with Crippen LogP contribution in [0.3, 0.4) is 0 Å². The molecule has 4 aromatic rings. The summed E-state index contributed by atoms with van der Waals surface area (Å²) in [4.78, 5) is 38.3. The number of rotatable bonds is 6. The van der Waals surface area contributed by atoms with Gasteiger partial charge in [-0.1, -0.05) is 6.07 Å². The summed E-state index contributed by atoms with van der Waals surface area (Å²) in [5.74, 6) is 1.15. The average Bonchev–Trinajstić information content (AvgIpc) is 3.42. The smallest absolute Gasteiger partial charge is 0.261 e. The van der Waals surface area contributed by atoms with Crippen molar-refractivity contribution < 1.29 is 23.4 Å². The molecule has 1 saturated heterocycles. The lowest BCUT2D eigenvalue weighted by Crippen LogP contribution is -2.39. The van der Waals surface area contributed by atoms with Crippen LogP contribution in [0.5, 0.6) is 11.5 Å². The summed E-state index contributed by atoms with van der Waals surface area (Å²) in [5.41, 5.74) is 3.29. The van der Waals surface area contributed by atoms with Gasteiger partial charge in [0.2, 0.25) is 6.79 Å². The van der Waals surface area contributed by atoms with E-state index < -0.39 is 11.5 Å². The van der Waals surface area contributed by atoms with E-state index in [0.29, 0.717) is 54.8 Å². The minimum Gasteiger partial charge on any atom is -0.454 e. The summed E-state index contributed by atoms with van der Waals surface area (Å²) >= 11 is 0. The Labute approximate surface area is 230 Å². The van der Waals surface area contributed by atoms with Gasteiger partial charge < -0.3 is 29.0 Å². The number of hydrogen-bond acceptors (Lipinski definition) is 7. The number of hydrogen-bond donors (Lipinski definition) is 1. The van der Waals surface area contributed by atoms with E-state index in [1.54, 1.807) is 24.0 Å². The Morgan fingerprint density at radius 1 is 1.02 bits per heavy atom. The molecular weight excluding hydrogens is 515 g/mol. The van der Waals surface area contributed by atoms with E-state index in [4.69, 9.17) is 19.2 Å². The van der Waals surface area contributed by atoms with E-state index in [1.807, 2.05) is 31.2 Å². The van der Waals surface area contributed by atoms with Crippen LogP contribution in [0.4, 0.5) is 10.2 Å². The molecule has 1 fully saturated rings. The highest BCUT2D eigenvalue weighted by Gasteiger charge is 2.25. The zero-order chi connectivity index (χ0) is 27.8. The van der Waals surface area contributed by atoms with Crippen molar-refractivity contribution in [1.82, 2.24) is 14.9 Å². The third-order valence-electron chi connectivity index (χ3n) is 7.33. The molecule has 2 aromatic carbocycles. The molecule has 206 valence electrons. The van der Waals surface area contributed by atoms with E-state index in [2.05, 4.69) is 9.88 Å². The lowest BCUT2D eigenvalue weighted by Gasteiger charge is -2.31. The number of anilines is 1. The predicted molar refractivity (Wildman–Crippen MR) is 147 cm³/mol. The van der Waals surface area contributed by atoms with Crippen molar-refractivity contribution in [2.75, 3.05) is 38.0 Å². The molecule has 0 atom stereocenters. The van der Waals surface area contributed by atoms with Gasteiger partial charge >= 0.3 is 0 Å². The molecule has 6 rings (SSSR count). The van der Waals surface area contributed by atoms with Crippen LogP contribution in [0.25, 0.3) is 10.9 Å². The number of carbonyl (C=O) groups is 1. The Morgan fingerprint density at radius 3 is 2.65 bits per heavy atom. The highest BCUT2D eigenvalue weighted by molar-refractivity contribution is 5.94. The maximum Gasteiger partial charge on any atom is 0.261 e. The molecule has 2 aliphatic rings. The Hall–Kier alpha value is -4.44. The molecule has 0 bridgehead atoms. The van der Waals surface area contributed by atoms with Crippen molar-refractivity contribution in [1.29, 1.82) is 0 Å². The number of aromatic amines is 1. The van der Waals surface area contributed by atoms with Gasteiger partial charge in [-0.15, -0.1) is 0 Å². The first-order valence-corrected chi connectivity index (χ1v) is 13.2. The van der Waals surface area contributed by atoms with Crippen LogP contribution < -0.4 is 19.9 Å². The number of pyridine rings is 2. The fourth-order valence-corrected chi connectivity index (χ4v) is 5.06. The third kappa shape index (κ3) is 5.10. The second-order valence-corrected chi connectivity index (χ2v) is 10.1. The van der Waals surface area contributed by atoms with Crippen LogP contribution in [0.2, 0.25) is 0 Å². The number of ether oxygens (including phenoxy) is 3. The van der Waals surface area contributed by atoms with Gasteiger partial charge in [-0.05, 0) is 61.4 Å². The van der Waals surface area contributed by atoms with Crippen molar-refractivity contribution in [2.24, 2.45) is 0 Å². The molecule has 2 aromatic heterocycles. The second kappa shape index (κ2) is 10.6. The largest absolute Gasteiger partial charge is 0.454 e. The molecule has 9 nitrogen and oxygen atoms in total. The molecule has 40 heavy (non-hydrogen) atoms. The molecule has 0 aliphatic carbocycles. The SMILES string of the molecule is Cc1cc(C(=O)N(Cc2ccc3c(c2)OCO3)Cc2cc3ccc(F)cc3nc2N2CCOCC2)c(=O)[nH]c1C. The van der Waals surface area contributed by atoms with E-state index in [9.17, 15) is 14.0 Å². The maximum atomic E-state index is 14.1. The van der Waals surface area contributed by atoms with Gasteiger partial charge in [0.25, 0.3) is 11.5 Å². The number of halogens is 1. The second-order valence-electron chi connectivity index (χ2n) is 10.1. The van der Waals surface area contributed by atoms with Gasteiger partial charge in [0.1, 0.15) is 17.2 Å². The zero-order valence-corrected chi connectivity index (χ0v) is 22.3. The van der Waals surface area contributed by atoms with Gasteiger partial charge in [0, 0.05) is 48.9 Å². The first-order chi connectivity index (χ1) is 19.4. The quantitative estimate of drug-likeness (QED) is 0.391. The van der Waals surface area contributed by atoms with Crippen LogP contribution >= 0.6 is 0 Å². The molecule has 4 heterocycles. The standard InChI is InChI=1S/C30H29FN4O5/c1-18-11-24(29(36)32-19(18)2)30(37)35(15-20-3-6-26-27(12-20)40-17-39-26)16-22-13-21-4-5-23(31)14-25(21)33-28(22)34-7-9-38-10-8-34/h3-6,11-14H,7-10,15-17H2,1-2H3,(H,32,36). The summed E-state index contributed by atoms with van der Waals surface area (Å²) in [6.07, 6.45) is 0. The van der Waals surface area contributed by atoms with Gasteiger partial charge in [0.05, 0.1) is 18.7 Å². The molecule has 1 N–H and O–H groups in total. The van der Waals surface area contributed by atoms with Crippen molar-refractivity contribution >= 4 is 22.6 Å². The first kappa shape index (κ1) is 25.8. The normalized spacial score (nSPS) is 14.5. The van der Waals surface area contributed by atoms with Gasteiger partial charge in [0.15, 0.2) is 11.5 Å². The Balaban J connectivity index is 1.43. The van der Waals surface area contributed by atoms with E-state index in [1.165, 1.54) is 12.1 Å². The maximum absolute atomic E-state index is 14.1. The van der Waals surface area contributed by atoms with Crippen molar-refractivity contribution in [3.05, 3.63) is 92.6 Å². The topological polar surface area (TPSA) is 97.0 Å². The van der Waals surface area contributed by atoms with Crippen LogP contribution in [0, 0.1) is 19.7 Å². The van der Waals surface area contributed by atoms with Gasteiger partial charge in [-0.3, -0.25) is 9.59 Å². The predicted octanol–water partition coefficient (Wildman–Crippen LogP) is 4.09. The number of benzene rings is 2. The Morgan fingerprint density at radius 2 is 1.82 bits per heavy atom. The van der Waals surface area contributed by atoms with Crippen molar-refractivity contribution in [3.8, 4) is 11.5 Å². The number of nitrogens with one attached hydrogen (secondary N) is 1. The zero-order valence-electron chi connectivity index (χ0n) is 22.3. The summed E-state index contributed by atoms with van der Waals surface area (Å²) in [6, 6.07) is 13.6. The molecule has 1 amide bonds. The highest BCUT2D eigenvalue weighted by Crippen LogP contribution is 2.33. The van der Waals surface area contributed by atoms with Gasteiger partial charge in [-0.2, -0.15) is 0 Å². The lowest BCUT2D eigenvalue weighted by molar-refractivity contribution is 0.0727. The van der Waals surface area contributed by atoms with E-state index >= 15 is 0 Å². The van der Waals surface area contributed by atoms with Gasteiger partial charge in [-0.25, -0.2) is 9.37 Å². The number of nitrogens with zero attached hydrogens (tertiary/aromatic N) is 3. The highest BCUT2D eigenvalue weighted by atomic mass is 19.1. The van der Waals surface area contributed by atoms with Crippen LogP contribution in [-0.2, 0) is 17.8 Å². The average molecular weight is 545 g/mol. The Kier molecular flexibility index (Phi) is 6.85. The molecule has 10 heteroatoms. The fourth-order valence-electron chi connectivity index (χ4n) is 5.06. The minimum absolute atomic E-state index is 0.0626. The summed E-state index contributed by atoms with van der Waals surface area (Å²) in [7, 11) is 0. The molecule has 0 spiro atoms. The lowest BCUT2D eigenvalue weighted by atomic mass is 10.1. The first-order valence-electron chi connectivity index (χ1n) is 13.2. The third-order valence-corrected chi connectivity index (χ3v) is 7.33. The van der Waals surface area contributed by atoms with Crippen LogP contribution in [-0.4, -0.2) is 53.9 Å². The monoisotopic (exact) mass is 544 g/mol. The minimum atomic E-state index is -0.440. The molecule has 0 radical (unpaired) electrons. The number of fused-ring (bicyclic) bond motifs is 2. The molecule has 0 unspecified atom stereocenters. The molecule has 0 saturated carbocycles. The summed E-state index contributed by atoms with van der Waals surface area (Å²) < 4.78 is 30.6. The van der Waals surface area contributed by atoms with E-state index in [-0.39, 0.29) is 31.3 Å². The van der Waals surface area contributed by atoms with Crippen molar-refractivity contribution in [2.45, 2.75) is 26.9 Å². The fraction of sp³-hybridized carbons (Fsp3) is 0.300. The summed E-state index contributed by atoms with van der Waals surface area (Å²) in [6.45, 7) is 6.51. The van der Waals surface area contributed by atoms with Crippen LogP contribution in [0.1, 0.15) is 32.7 Å². The number of H-pyrrole nitrogens is 1. The molecule has 2 aliphatic heterocycles. The number of carbonyl (C=O) groups excluding carboxylic acids is 1. The summed E-state index contributed by atoms with van der Waals surface area (Å²) in [5, 5.41) is 0.757. The number of morpholine rings is 1. The van der Waals surface area contributed by atoms with Crippen molar-refractivity contribution in [3.63, 3.8) is 0 Å². The Bertz CT molecular complexity index is 1660. The van der Waals surface area contributed by atoms with Crippen LogP contribution in [0.15, 0.2) is 53.3 Å². The number of aromatic nitrogens is 2. The molecular formula is C30H29FN4O5. The van der Waals surface area contributed by atoms with E-state index in [0.717, 1.165) is 22.1 Å². The number of amides is 1.